The van der Waals surface area contributed by atoms with Crippen molar-refractivity contribution in [1.29, 1.82) is 0 Å². The van der Waals surface area contributed by atoms with Gasteiger partial charge in [0.1, 0.15) is 0 Å². The Hall–Kier alpha value is -0.910. The van der Waals surface area contributed by atoms with Gasteiger partial charge in [0.2, 0.25) is 0 Å². The quantitative estimate of drug-likeness (QED) is 0.782. The summed E-state index contributed by atoms with van der Waals surface area (Å²) in [5.74, 6) is 0. The molecule has 1 aromatic carbocycles. The lowest BCUT2D eigenvalue weighted by Crippen LogP contribution is -2.24. The van der Waals surface area contributed by atoms with E-state index >= 15 is 0 Å². The summed E-state index contributed by atoms with van der Waals surface area (Å²) in [4.78, 5) is 2.32. The van der Waals surface area contributed by atoms with E-state index in [-0.39, 0.29) is 4.90 Å². The maximum Gasteiger partial charge on any atom is 0.294 e. The van der Waals surface area contributed by atoms with Gasteiger partial charge in [0.25, 0.3) is 10.1 Å². The summed E-state index contributed by atoms with van der Waals surface area (Å²) >= 11 is 0. The van der Waals surface area contributed by atoms with Crippen LogP contribution in [-0.2, 0) is 10.1 Å². The number of likely N-dealkylation sites (tertiary alicyclic amines) is 1. The monoisotopic (exact) mass is 257 g/mol. The molecule has 0 aromatic heterocycles. The minimum absolute atomic E-state index is 0.0741. The van der Waals surface area contributed by atoms with Crippen LogP contribution in [0.5, 0.6) is 0 Å². The van der Waals surface area contributed by atoms with E-state index < -0.39 is 10.1 Å². The second-order valence-corrected chi connectivity index (χ2v) is 5.57. The topological polar surface area (TPSA) is 57.6 Å². The molecule has 5 heteroatoms. The lowest BCUT2D eigenvalue weighted by atomic mass is 10.1. The van der Waals surface area contributed by atoms with Crippen molar-refractivity contribution in [3.05, 3.63) is 30.3 Å². The average molecular weight is 257 g/mol. The molecular formula is C12H19NO3S. The standard InChI is InChI=1S/C6H13N.C6H6O3S/c1-7-5-3-2-4-6-7;7-10(8,9)6-4-2-1-3-5-6/h2-6H2,1H3;1-5H,(H,7,8,9). The molecule has 96 valence electrons. The van der Waals surface area contributed by atoms with Gasteiger partial charge in [-0.15, -0.1) is 0 Å². The number of benzene rings is 1. The smallest absolute Gasteiger partial charge is 0.294 e. The number of hydrogen-bond donors (Lipinski definition) is 1. The summed E-state index contributed by atoms with van der Waals surface area (Å²) in [6.07, 6.45) is 4.28. The molecule has 0 atom stereocenters. The first-order valence-corrected chi connectivity index (χ1v) is 7.15. The van der Waals surface area contributed by atoms with Gasteiger partial charge in [0.15, 0.2) is 0 Å². The highest BCUT2D eigenvalue weighted by atomic mass is 32.2. The molecule has 0 amide bonds. The molecule has 1 N–H and O–H groups in total. The molecule has 17 heavy (non-hydrogen) atoms. The molecule has 0 bridgehead atoms. The average Bonchev–Trinajstić information content (AvgIpc) is 2.31. The second kappa shape index (κ2) is 6.74. The summed E-state index contributed by atoms with van der Waals surface area (Å²) in [5.41, 5.74) is 0. The minimum atomic E-state index is -4.00. The van der Waals surface area contributed by atoms with E-state index in [0.717, 1.165) is 0 Å². The number of rotatable bonds is 1. The van der Waals surface area contributed by atoms with Crippen molar-refractivity contribution in [3.63, 3.8) is 0 Å². The van der Waals surface area contributed by atoms with Crippen LogP contribution in [0, 0.1) is 0 Å². The predicted molar refractivity (Wildman–Crippen MR) is 67.6 cm³/mol. The molecule has 1 saturated heterocycles. The van der Waals surface area contributed by atoms with Gasteiger partial charge in [0, 0.05) is 0 Å². The molecule has 0 saturated carbocycles. The molecule has 0 unspecified atom stereocenters. The Balaban J connectivity index is 0.000000181. The van der Waals surface area contributed by atoms with Crippen molar-refractivity contribution < 1.29 is 13.0 Å². The first kappa shape index (κ1) is 14.2. The van der Waals surface area contributed by atoms with Crippen LogP contribution in [0.2, 0.25) is 0 Å². The third-order valence-electron chi connectivity index (χ3n) is 2.62. The van der Waals surface area contributed by atoms with Crippen molar-refractivity contribution in [2.75, 3.05) is 20.1 Å². The molecule has 4 nitrogen and oxygen atoms in total. The molecule has 1 heterocycles. The number of hydrogen-bond acceptors (Lipinski definition) is 3. The fraction of sp³-hybridized carbons (Fsp3) is 0.500. The molecule has 1 aliphatic heterocycles. The normalized spacial score (nSPS) is 17.1. The third-order valence-corrected chi connectivity index (χ3v) is 3.49. The summed E-state index contributed by atoms with van der Waals surface area (Å²) in [6.45, 7) is 2.64. The highest BCUT2D eigenvalue weighted by molar-refractivity contribution is 7.85. The van der Waals surface area contributed by atoms with Crippen LogP contribution in [0.25, 0.3) is 0 Å². The molecule has 0 radical (unpaired) electrons. The fourth-order valence-corrected chi connectivity index (χ4v) is 2.15. The van der Waals surface area contributed by atoms with Gasteiger partial charge >= 0.3 is 0 Å². The lowest BCUT2D eigenvalue weighted by molar-refractivity contribution is 0.277. The summed E-state index contributed by atoms with van der Waals surface area (Å²) in [7, 11) is -1.81. The Morgan fingerprint density at radius 1 is 1.06 bits per heavy atom. The zero-order chi connectivity index (χ0) is 12.7. The fourth-order valence-electron chi connectivity index (χ4n) is 1.64. The molecule has 1 aliphatic rings. The van der Waals surface area contributed by atoms with Crippen molar-refractivity contribution in [3.8, 4) is 0 Å². The van der Waals surface area contributed by atoms with Crippen molar-refractivity contribution in [2.24, 2.45) is 0 Å². The molecular weight excluding hydrogens is 238 g/mol. The van der Waals surface area contributed by atoms with Gasteiger partial charge in [-0.25, -0.2) is 0 Å². The predicted octanol–water partition coefficient (Wildman–Crippen LogP) is 2.04. The second-order valence-electron chi connectivity index (χ2n) is 4.15. The zero-order valence-corrected chi connectivity index (χ0v) is 10.9. The Bertz CT molecular complexity index is 411. The lowest BCUT2D eigenvalue weighted by Gasteiger charge is -2.20. The highest BCUT2D eigenvalue weighted by Gasteiger charge is 2.05. The van der Waals surface area contributed by atoms with E-state index in [0.29, 0.717) is 0 Å². The summed E-state index contributed by atoms with van der Waals surface area (Å²) < 4.78 is 29.2. The Morgan fingerprint density at radius 3 is 1.88 bits per heavy atom. The minimum Gasteiger partial charge on any atom is -0.306 e. The largest absolute Gasteiger partial charge is 0.306 e. The van der Waals surface area contributed by atoms with Gasteiger partial charge in [-0.05, 0) is 45.1 Å². The van der Waals surface area contributed by atoms with Crippen LogP contribution in [0.3, 0.4) is 0 Å². The van der Waals surface area contributed by atoms with Crippen LogP contribution < -0.4 is 0 Å². The van der Waals surface area contributed by atoms with E-state index in [1.54, 1.807) is 18.2 Å². The Morgan fingerprint density at radius 2 is 1.59 bits per heavy atom. The van der Waals surface area contributed by atoms with Gasteiger partial charge in [-0.2, -0.15) is 8.42 Å². The molecule has 1 aromatic rings. The van der Waals surface area contributed by atoms with Crippen LogP contribution >= 0.6 is 0 Å². The first-order chi connectivity index (χ1) is 8.00. The first-order valence-electron chi connectivity index (χ1n) is 5.71. The van der Waals surface area contributed by atoms with E-state index in [1.165, 1.54) is 44.5 Å². The highest BCUT2D eigenvalue weighted by Crippen LogP contribution is 2.05. The van der Waals surface area contributed by atoms with E-state index in [2.05, 4.69) is 11.9 Å². The maximum atomic E-state index is 10.4. The van der Waals surface area contributed by atoms with E-state index in [9.17, 15) is 8.42 Å². The van der Waals surface area contributed by atoms with Gasteiger partial charge in [0.05, 0.1) is 4.90 Å². The van der Waals surface area contributed by atoms with Crippen LogP contribution in [0.4, 0.5) is 0 Å². The van der Waals surface area contributed by atoms with E-state index in [4.69, 9.17) is 4.55 Å². The Labute approximate surface area is 103 Å². The van der Waals surface area contributed by atoms with E-state index in [1.807, 2.05) is 0 Å². The molecule has 2 rings (SSSR count). The SMILES string of the molecule is CN1CCCCC1.O=S(=O)(O)c1ccccc1. The summed E-state index contributed by atoms with van der Waals surface area (Å²) in [5, 5.41) is 0. The molecule has 1 fully saturated rings. The third kappa shape index (κ3) is 5.81. The maximum absolute atomic E-state index is 10.4. The molecule has 0 spiro atoms. The molecule has 0 aliphatic carbocycles. The van der Waals surface area contributed by atoms with Crippen LogP contribution in [-0.4, -0.2) is 38.0 Å². The van der Waals surface area contributed by atoms with Gasteiger partial charge in [-0.3, -0.25) is 4.55 Å². The number of piperidine rings is 1. The van der Waals surface area contributed by atoms with Crippen LogP contribution in [0.1, 0.15) is 19.3 Å². The van der Waals surface area contributed by atoms with Crippen molar-refractivity contribution >= 4 is 10.1 Å². The van der Waals surface area contributed by atoms with Crippen molar-refractivity contribution in [1.82, 2.24) is 4.90 Å². The Kier molecular flexibility index (Phi) is 5.61. The van der Waals surface area contributed by atoms with Crippen LogP contribution in [0.15, 0.2) is 35.2 Å². The van der Waals surface area contributed by atoms with Gasteiger partial charge in [-0.1, -0.05) is 24.6 Å². The zero-order valence-electron chi connectivity index (χ0n) is 10.0. The van der Waals surface area contributed by atoms with Crippen molar-refractivity contribution in [2.45, 2.75) is 24.2 Å². The number of nitrogens with zero attached hydrogens (tertiary/aromatic N) is 1. The van der Waals surface area contributed by atoms with Gasteiger partial charge < -0.3 is 4.90 Å². The summed E-state index contributed by atoms with van der Waals surface area (Å²) in [6, 6.07) is 7.42.